The van der Waals surface area contributed by atoms with E-state index in [0.717, 1.165) is 5.56 Å². The van der Waals surface area contributed by atoms with Gasteiger partial charge in [-0.25, -0.2) is 0 Å². The molecule has 0 saturated carbocycles. The molecule has 0 saturated heterocycles. The minimum absolute atomic E-state index is 0.220. The molecule has 3 rings (SSSR count). The quantitative estimate of drug-likeness (QED) is 0.634. The van der Waals surface area contributed by atoms with Crippen LogP contribution in [0.25, 0.3) is 21.9 Å². The third-order valence-electron chi connectivity index (χ3n) is 3.47. The first-order valence-corrected chi connectivity index (χ1v) is 6.19. The Bertz CT molecular complexity index is 746. The minimum atomic E-state index is 0.220. The molecule has 0 aliphatic heterocycles. The van der Waals surface area contributed by atoms with Gasteiger partial charge < -0.3 is 10.2 Å². The van der Waals surface area contributed by atoms with Crippen LogP contribution in [0.2, 0.25) is 0 Å². The summed E-state index contributed by atoms with van der Waals surface area (Å²) in [6.07, 6.45) is 0. The highest BCUT2D eigenvalue weighted by Gasteiger charge is 2.16. The lowest BCUT2D eigenvalue weighted by Crippen LogP contribution is -1.88. The number of phenols is 2. The van der Waals surface area contributed by atoms with Crippen molar-refractivity contribution in [3.05, 3.63) is 60.2 Å². The molecular formula is C17H14O2. The van der Waals surface area contributed by atoms with E-state index in [1.165, 1.54) is 0 Å². The van der Waals surface area contributed by atoms with Gasteiger partial charge in [-0.15, -0.1) is 0 Å². The zero-order chi connectivity index (χ0) is 13.4. The summed E-state index contributed by atoms with van der Waals surface area (Å²) >= 11 is 0. The van der Waals surface area contributed by atoms with Crippen LogP contribution in [0.4, 0.5) is 0 Å². The lowest BCUT2D eigenvalue weighted by molar-refractivity contribution is 0.467. The number of aromatic hydroxyl groups is 2. The van der Waals surface area contributed by atoms with Crippen LogP contribution >= 0.6 is 0 Å². The van der Waals surface area contributed by atoms with Gasteiger partial charge in [0.15, 0.2) is 0 Å². The van der Waals surface area contributed by atoms with E-state index in [9.17, 15) is 10.2 Å². The van der Waals surface area contributed by atoms with Crippen molar-refractivity contribution < 1.29 is 10.2 Å². The van der Waals surface area contributed by atoms with Crippen molar-refractivity contribution in [3.8, 4) is 22.6 Å². The van der Waals surface area contributed by atoms with E-state index in [2.05, 4.69) is 0 Å². The average Bonchev–Trinajstić information content (AvgIpc) is 2.46. The topological polar surface area (TPSA) is 40.5 Å². The number of fused-ring (bicyclic) bond motifs is 1. The van der Waals surface area contributed by atoms with Crippen LogP contribution in [-0.2, 0) is 0 Å². The first-order chi connectivity index (χ1) is 9.20. The highest BCUT2D eigenvalue weighted by atomic mass is 16.3. The van der Waals surface area contributed by atoms with Gasteiger partial charge in [-0.1, -0.05) is 54.6 Å². The highest BCUT2D eigenvalue weighted by Crippen LogP contribution is 2.44. The molecule has 0 unspecified atom stereocenters. The molecule has 0 radical (unpaired) electrons. The lowest BCUT2D eigenvalue weighted by Gasteiger charge is -2.14. The molecule has 2 N–H and O–H groups in total. The van der Waals surface area contributed by atoms with Crippen LogP contribution in [0.5, 0.6) is 11.5 Å². The summed E-state index contributed by atoms with van der Waals surface area (Å²) in [5.41, 5.74) is 2.29. The fraction of sp³-hybridized carbons (Fsp3) is 0.0588. The second-order valence-corrected chi connectivity index (χ2v) is 4.61. The first kappa shape index (κ1) is 11.6. The van der Waals surface area contributed by atoms with Gasteiger partial charge in [0, 0.05) is 21.9 Å². The molecule has 2 heteroatoms. The third kappa shape index (κ3) is 1.73. The van der Waals surface area contributed by atoms with E-state index in [4.69, 9.17) is 0 Å². The Morgan fingerprint density at radius 2 is 1.21 bits per heavy atom. The van der Waals surface area contributed by atoms with Crippen LogP contribution in [0.3, 0.4) is 0 Å². The largest absolute Gasteiger partial charge is 0.507 e. The van der Waals surface area contributed by atoms with Gasteiger partial charge in [-0.2, -0.15) is 0 Å². The molecule has 0 spiro atoms. The predicted octanol–water partition coefficient (Wildman–Crippen LogP) is 4.23. The Morgan fingerprint density at radius 3 is 1.84 bits per heavy atom. The Kier molecular flexibility index (Phi) is 2.64. The van der Waals surface area contributed by atoms with E-state index < -0.39 is 0 Å². The van der Waals surface area contributed by atoms with Gasteiger partial charge in [-0.05, 0) is 12.5 Å². The highest BCUT2D eigenvalue weighted by molar-refractivity contribution is 6.00. The van der Waals surface area contributed by atoms with Gasteiger partial charge in [0.1, 0.15) is 11.5 Å². The molecule has 94 valence electrons. The van der Waals surface area contributed by atoms with Gasteiger partial charge in [0.05, 0.1) is 0 Å². The number of hydrogen-bond donors (Lipinski definition) is 2. The van der Waals surface area contributed by atoms with Gasteiger partial charge in [0.2, 0.25) is 0 Å². The fourth-order valence-electron chi connectivity index (χ4n) is 2.49. The maximum atomic E-state index is 10.5. The molecule has 0 aliphatic carbocycles. The second-order valence-electron chi connectivity index (χ2n) is 4.61. The van der Waals surface area contributed by atoms with Crippen molar-refractivity contribution in [3.63, 3.8) is 0 Å². The zero-order valence-corrected chi connectivity index (χ0v) is 10.6. The van der Waals surface area contributed by atoms with Crippen LogP contribution < -0.4 is 0 Å². The summed E-state index contributed by atoms with van der Waals surface area (Å²) in [6, 6.07) is 16.9. The fourth-order valence-corrected chi connectivity index (χ4v) is 2.49. The minimum Gasteiger partial charge on any atom is -0.507 e. The van der Waals surface area contributed by atoms with E-state index in [0.29, 0.717) is 21.9 Å². The van der Waals surface area contributed by atoms with Crippen molar-refractivity contribution >= 4 is 10.8 Å². The lowest BCUT2D eigenvalue weighted by atomic mass is 9.94. The molecule has 0 amide bonds. The monoisotopic (exact) mass is 250 g/mol. The molecule has 0 heterocycles. The summed E-state index contributed by atoms with van der Waals surface area (Å²) in [7, 11) is 0. The average molecular weight is 250 g/mol. The second kappa shape index (κ2) is 4.32. The van der Waals surface area contributed by atoms with Gasteiger partial charge in [0.25, 0.3) is 0 Å². The number of benzene rings is 3. The van der Waals surface area contributed by atoms with Gasteiger partial charge in [-0.3, -0.25) is 0 Å². The van der Waals surface area contributed by atoms with Crippen molar-refractivity contribution in [2.75, 3.05) is 0 Å². The first-order valence-electron chi connectivity index (χ1n) is 6.19. The third-order valence-corrected chi connectivity index (χ3v) is 3.47. The van der Waals surface area contributed by atoms with Crippen LogP contribution in [0, 0.1) is 6.92 Å². The molecule has 3 aromatic carbocycles. The van der Waals surface area contributed by atoms with E-state index in [1.807, 2.05) is 61.5 Å². The Morgan fingerprint density at radius 1 is 0.684 bits per heavy atom. The number of rotatable bonds is 1. The maximum Gasteiger partial charge on any atom is 0.131 e. The van der Waals surface area contributed by atoms with E-state index in [1.54, 1.807) is 0 Å². The van der Waals surface area contributed by atoms with E-state index in [-0.39, 0.29) is 11.5 Å². The van der Waals surface area contributed by atoms with Crippen molar-refractivity contribution in [2.45, 2.75) is 6.92 Å². The van der Waals surface area contributed by atoms with Crippen molar-refractivity contribution in [2.24, 2.45) is 0 Å². The molecule has 19 heavy (non-hydrogen) atoms. The van der Waals surface area contributed by atoms with Crippen molar-refractivity contribution in [1.29, 1.82) is 0 Å². The number of phenolic OH excluding ortho intramolecular Hbond substituents is 2. The maximum absolute atomic E-state index is 10.5. The smallest absolute Gasteiger partial charge is 0.131 e. The Labute approximate surface area is 111 Å². The summed E-state index contributed by atoms with van der Waals surface area (Å²) in [4.78, 5) is 0. The molecule has 0 fully saturated rings. The molecule has 0 aromatic heterocycles. The molecule has 0 atom stereocenters. The standard InChI is InChI=1S/C17H14O2/c1-11-15(12-7-3-2-4-8-12)17(19)14-10-6-5-9-13(14)16(11)18/h2-10,18-19H,1H3. The molecular weight excluding hydrogens is 236 g/mol. The van der Waals surface area contributed by atoms with Crippen LogP contribution in [0.15, 0.2) is 54.6 Å². The van der Waals surface area contributed by atoms with Crippen LogP contribution in [0.1, 0.15) is 5.56 Å². The zero-order valence-electron chi connectivity index (χ0n) is 10.6. The summed E-state index contributed by atoms with van der Waals surface area (Å²) < 4.78 is 0. The molecule has 0 bridgehead atoms. The molecule has 0 aliphatic rings. The predicted molar refractivity (Wildman–Crippen MR) is 77.5 cm³/mol. The van der Waals surface area contributed by atoms with Gasteiger partial charge >= 0.3 is 0 Å². The summed E-state index contributed by atoms with van der Waals surface area (Å²) in [5.74, 6) is 0.448. The Balaban J connectivity index is 2.44. The number of hydrogen-bond acceptors (Lipinski definition) is 2. The van der Waals surface area contributed by atoms with Crippen LogP contribution in [-0.4, -0.2) is 10.2 Å². The molecule has 2 nitrogen and oxygen atoms in total. The van der Waals surface area contributed by atoms with Crippen molar-refractivity contribution in [1.82, 2.24) is 0 Å². The molecule has 3 aromatic rings. The SMILES string of the molecule is Cc1c(-c2ccccc2)c(O)c2ccccc2c1O. The Hall–Kier alpha value is -2.48. The summed E-state index contributed by atoms with van der Waals surface area (Å²) in [5, 5.41) is 22.2. The normalized spacial score (nSPS) is 10.8. The summed E-state index contributed by atoms with van der Waals surface area (Å²) in [6.45, 7) is 1.82. The van der Waals surface area contributed by atoms with E-state index >= 15 is 0 Å².